The molecule has 0 unspecified atom stereocenters. The van der Waals surface area contributed by atoms with Crippen molar-refractivity contribution in [3.05, 3.63) is 77.2 Å². The van der Waals surface area contributed by atoms with Crippen LogP contribution in [0.25, 0.3) is 16.5 Å². The highest BCUT2D eigenvalue weighted by atomic mass is 19.1. The molecule has 1 aliphatic heterocycles. The molecular weight excluding hydrogens is 315 g/mol. The first-order chi connectivity index (χ1) is 12.1. The number of halogens is 1. The Morgan fingerprint density at radius 2 is 2.04 bits per heavy atom. The number of amides is 1. The van der Waals surface area contributed by atoms with Gasteiger partial charge in [-0.05, 0) is 42.7 Å². The largest absolute Gasteiger partial charge is 0.361 e. The van der Waals surface area contributed by atoms with Gasteiger partial charge in [0.25, 0.3) is 5.91 Å². The van der Waals surface area contributed by atoms with Crippen molar-refractivity contribution in [2.75, 3.05) is 13.1 Å². The van der Waals surface area contributed by atoms with E-state index in [1.54, 1.807) is 24.0 Å². The molecule has 1 aliphatic rings. The summed E-state index contributed by atoms with van der Waals surface area (Å²) in [4.78, 5) is 17.7. The van der Waals surface area contributed by atoms with E-state index in [9.17, 15) is 9.18 Å². The van der Waals surface area contributed by atoms with Crippen LogP contribution >= 0.6 is 0 Å². The number of hydrogen-bond donors (Lipinski definition) is 1. The normalized spacial score (nSPS) is 14.6. The zero-order chi connectivity index (χ0) is 17.4. The van der Waals surface area contributed by atoms with E-state index in [-0.39, 0.29) is 11.7 Å². The van der Waals surface area contributed by atoms with Crippen LogP contribution in [0, 0.1) is 12.7 Å². The third kappa shape index (κ3) is 2.84. The number of H-pyrrole nitrogens is 1. The van der Waals surface area contributed by atoms with E-state index in [2.05, 4.69) is 23.2 Å². The number of carbonyl (C=O) groups excluding carboxylic acids is 1. The highest BCUT2D eigenvalue weighted by molar-refractivity contribution is 5.96. The molecule has 4 rings (SSSR count). The Bertz CT molecular complexity index is 986. The topological polar surface area (TPSA) is 36.1 Å². The van der Waals surface area contributed by atoms with Gasteiger partial charge in [-0.15, -0.1) is 0 Å². The van der Waals surface area contributed by atoms with Crippen LogP contribution in [0.3, 0.4) is 0 Å². The molecule has 0 radical (unpaired) electrons. The lowest BCUT2D eigenvalue weighted by molar-refractivity contribution is 0.0772. The van der Waals surface area contributed by atoms with Crippen molar-refractivity contribution >= 4 is 22.4 Å². The summed E-state index contributed by atoms with van der Waals surface area (Å²) >= 11 is 0. The predicted molar refractivity (Wildman–Crippen MR) is 97.9 cm³/mol. The molecule has 0 aliphatic carbocycles. The van der Waals surface area contributed by atoms with Gasteiger partial charge in [-0.25, -0.2) is 4.39 Å². The standard InChI is InChI=1S/C21H19FN2O/c1-14-6-7-16(12-19(14)22)21(25)24-10-8-15(9-11-24)18-13-23-20-5-3-2-4-17(18)20/h2-8,12-13,23H,9-11H2,1H3. The maximum absolute atomic E-state index is 13.7. The summed E-state index contributed by atoms with van der Waals surface area (Å²) in [7, 11) is 0. The molecule has 1 N–H and O–H groups in total. The van der Waals surface area contributed by atoms with E-state index in [0.29, 0.717) is 24.2 Å². The van der Waals surface area contributed by atoms with Crippen molar-refractivity contribution in [1.29, 1.82) is 0 Å². The molecule has 126 valence electrons. The van der Waals surface area contributed by atoms with Gasteiger partial charge in [0.2, 0.25) is 0 Å². The number of aromatic amines is 1. The van der Waals surface area contributed by atoms with Gasteiger partial charge >= 0.3 is 0 Å². The summed E-state index contributed by atoms with van der Waals surface area (Å²) in [5, 5.41) is 1.20. The predicted octanol–water partition coefficient (Wildman–Crippen LogP) is 4.54. The summed E-state index contributed by atoms with van der Waals surface area (Å²) in [6.07, 6.45) is 4.92. The monoisotopic (exact) mass is 334 g/mol. The molecule has 4 heteroatoms. The number of nitrogens with zero attached hydrogens (tertiary/aromatic N) is 1. The van der Waals surface area contributed by atoms with E-state index in [1.165, 1.54) is 22.6 Å². The molecule has 3 aromatic rings. The zero-order valence-corrected chi connectivity index (χ0v) is 14.1. The number of aromatic nitrogens is 1. The van der Waals surface area contributed by atoms with E-state index < -0.39 is 0 Å². The second kappa shape index (κ2) is 6.20. The van der Waals surface area contributed by atoms with Gasteiger partial charge in [-0.3, -0.25) is 4.79 Å². The molecule has 1 amide bonds. The number of para-hydroxylation sites is 1. The van der Waals surface area contributed by atoms with Crippen LogP contribution in [-0.4, -0.2) is 28.9 Å². The number of hydrogen-bond acceptors (Lipinski definition) is 1. The van der Waals surface area contributed by atoms with Gasteiger partial charge in [0, 0.05) is 41.3 Å². The van der Waals surface area contributed by atoms with E-state index in [0.717, 1.165) is 11.9 Å². The minimum absolute atomic E-state index is 0.117. The first-order valence-electron chi connectivity index (χ1n) is 8.44. The number of benzene rings is 2. The number of nitrogens with one attached hydrogen (secondary N) is 1. The van der Waals surface area contributed by atoms with Crippen LogP contribution < -0.4 is 0 Å². The molecule has 3 nitrogen and oxygen atoms in total. The number of carbonyl (C=O) groups is 1. The second-order valence-corrected chi connectivity index (χ2v) is 6.44. The van der Waals surface area contributed by atoms with Crippen LogP contribution in [0.2, 0.25) is 0 Å². The smallest absolute Gasteiger partial charge is 0.254 e. The quantitative estimate of drug-likeness (QED) is 0.733. The fourth-order valence-corrected chi connectivity index (χ4v) is 3.34. The highest BCUT2D eigenvalue weighted by Crippen LogP contribution is 2.29. The fourth-order valence-electron chi connectivity index (χ4n) is 3.34. The molecule has 0 bridgehead atoms. The minimum atomic E-state index is -0.335. The fraction of sp³-hybridized carbons (Fsp3) is 0.190. The molecule has 0 saturated carbocycles. The van der Waals surface area contributed by atoms with Crippen molar-refractivity contribution in [1.82, 2.24) is 9.88 Å². The van der Waals surface area contributed by atoms with Crippen LogP contribution in [0.4, 0.5) is 4.39 Å². The Morgan fingerprint density at radius 1 is 1.20 bits per heavy atom. The maximum Gasteiger partial charge on any atom is 0.254 e. The lowest BCUT2D eigenvalue weighted by Gasteiger charge is -2.26. The van der Waals surface area contributed by atoms with Crippen molar-refractivity contribution in [3.8, 4) is 0 Å². The molecule has 0 saturated heterocycles. The minimum Gasteiger partial charge on any atom is -0.361 e. The summed E-state index contributed by atoms with van der Waals surface area (Å²) in [6, 6.07) is 12.9. The van der Waals surface area contributed by atoms with Gasteiger partial charge in [-0.2, -0.15) is 0 Å². The first kappa shape index (κ1) is 15.6. The van der Waals surface area contributed by atoms with Gasteiger partial charge in [0.1, 0.15) is 5.82 Å². The molecule has 0 atom stereocenters. The summed E-state index contributed by atoms with van der Waals surface area (Å²) < 4.78 is 13.7. The van der Waals surface area contributed by atoms with E-state index >= 15 is 0 Å². The first-order valence-corrected chi connectivity index (χ1v) is 8.44. The lowest BCUT2D eigenvalue weighted by atomic mass is 9.98. The number of aryl methyl sites for hydroxylation is 1. The lowest BCUT2D eigenvalue weighted by Crippen LogP contribution is -2.34. The van der Waals surface area contributed by atoms with Crippen molar-refractivity contribution in [2.45, 2.75) is 13.3 Å². The molecule has 2 aromatic carbocycles. The Balaban J connectivity index is 1.55. The average Bonchev–Trinajstić information content (AvgIpc) is 3.08. The Morgan fingerprint density at radius 3 is 2.80 bits per heavy atom. The third-order valence-electron chi connectivity index (χ3n) is 4.85. The molecule has 25 heavy (non-hydrogen) atoms. The summed E-state index contributed by atoms with van der Waals surface area (Å²) in [5.74, 6) is -0.453. The second-order valence-electron chi connectivity index (χ2n) is 6.44. The van der Waals surface area contributed by atoms with E-state index in [4.69, 9.17) is 0 Å². The van der Waals surface area contributed by atoms with Gasteiger partial charge in [0.15, 0.2) is 0 Å². The molecular formula is C21H19FN2O. The van der Waals surface area contributed by atoms with Crippen molar-refractivity contribution < 1.29 is 9.18 Å². The maximum atomic E-state index is 13.7. The summed E-state index contributed by atoms with van der Waals surface area (Å²) in [6.45, 7) is 2.88. The van der Waals surface area contributed by atoms with Crippen molar-refractivity contribution in [3.63, 3.8) is 0 Å². The SMILES string of the molecule is Cc1ccc(C(=O)N2CC=C(c3c[nH]c4ccccc34)CC2)cc1F. The van der Waals surface area contributed by atoms with Crippen LogP contribution in [0.15, 0.2) is 54.7 Å². The molecule has 2 heterocycles. The third-order valence-corrected chi connectivity index (χ3v) is 4.85. The Hall–Kier alpha value is -2.88. The highest BCUT2D eigenvalue weighted by Gasteiger charge is 2.21. The van der Waals surface area contributed by atoms with E-state index in [1.807, 2.05) is 18.3 Å². The van der Waals surface area contributed by atoms with Crippen LogP contribution in [0.1, 0.15) is 27.9 Å². The molecule has 1 aromatic heterocycles. The number of fused-ring (bicyclic) bond motifs is 1. The van der Waals surface area contributed by atoms with Crippen molar-refractivity contribution in [2.24, 2.45) is 0 Å². The molecule has 0 fully saturated rings. The van der Waals surface area contributed by atoms with Gasteiger partial charge in [-0.1, -0.05) is 30.3 Å². The van der Waals surface area contributed by atoms with Gasteiger partial charge < -0.3 is 9.88 Å². The summed E-state index contributed by atoms with van der Waals surface area (Å²) in [5.41, 5.74) is 4.52. The van der Waals surface area contributed by atoms with Gasteiger partial charge in [0.05, 0.1) is 0 Å². The Labute approximate surface area is 145 Å². The Kier molecular flexibility index (Phi) is 3.88. The number of rotatable bonds is 2. The van der Waals surface area contributed by atoms with Crippen LogP contribution in [0.5, 0.6) is 0 Å². The van der Waals surface area contributed by atoms with Crippen LogP contribution in [-0.2, 0) is 0 Å². The zero-order valence-electron chi connectivity index (χ0n) is 14.1. The average molecular weight is 334 g/mol. The molecule has 0 spiro atoms.